The Bertz CT molecular complexity index is 866. The molecular formula is C19H15ClFNO4. The van der Waals surface area contributed by atoms with E-state index in [1.165, 1.54) is 35.2 Å². The van der Waals surface area contributed by atoms with Crippen LogP contribution in [0.25, 0.3) is 0 Å². The fraction of sp³-hybridized carbons (Fsp3) is 0.158. The Balaban J connectivity index is 1.73. The molecule has 3 rings (SSSR count). The van der Waals surface area contributed by atoms with Gasteiger partial charge in [-0.05, 0) is 29.8 Å². The van der Waals surface area contributed by atoms with Gasteiger partial charge < -0.3 is 14.7 Å². The molecule has 134 valence electrons. The number of carboxylic acids is 1. The molecule has 0 aromatic heterocycles. The van der Waals surface area contributed by atoms with Gasteiger partial charge in [-0.1, -0.05) is 35.9 Å². The van der Waals surface area contributed by atoms with Gasteiger partial charge in [-0.15, -0.1) is 0 Å². The minimum absolute atomic E-state index is 0.0161. The van der Waals surface area contributed by atoms with Gasteiger partial charge >= 0.3 is 5.97 Å². The molecule has 2 aromatic carbocycles. The Hall–Kier alpha value is -2.86. The van der Waals surface area contributed by atoms with Crippen LogP contribution in [0.4, 0.5) is 4.39 Å². The molecule has 2 aromatic rings. The van der Waals surface area contributed by atoms with Gasteiger partial charge in [0.1, 0.15) is 23.4 Å². The molecule has 5 nitrogen and oxygen atoms in total. The Labute approximate surface area is 154 Å². The summed E-state index contributed by atoms with van der Waals surface area (Å²) in [6.45, 7) is 0.0161. The molecule has 1 aliphatic rings. The Morgan fingerprint density at radius 3 is 2.58 bits per heavy atom. The van der Waals surface area contributed by atoms with E-state index in [4.69, 9.17) is 16.3 Å². The van der Waals surface area contributed by atoms with Crippen LogP contribution < -0.4 is 4.74 Å². The summed E-state index contributed by atoms with van der Waals surface area (Å²) >= 11 is 6.03. The van der Waals surface area contributed by atoms with Crippen molar-refractivity contribution in [3.05, 3.63) is 76.8 Å². The quantitative estimate of drug-likeness (QED) is 0.841. The number of carbonyl (C=O) groups excluding carboxylic acids is 1. The van der Waals surface area contributed by atoms with Gasteiger partial charge in [0.25, 0.3) is 5.91 Å². The highest BCUT2D eigenvalue weighted by Gasteiger charge is 2.34. The molecule has 0 saturated carbocycles. The van der Waals surface area contributed by atoms with E-state index in [0.29, 0.717) is 22.1 Å². The van der Waals surface area contributed by atoms with Crippen molar-refractivity contribution < 1.29 is 23.8 Å². The number of nitrogens with zero attached hydrogens (tertiary/aromatic N) is 1. The second-order valence-electron chi connectivity index (χ2n) is 5.79. The van der Waals surface area contributed by atoms with E-state index in [1.807, 2.05) is 0 Å². The molecule has 0 spiro atoms. The summed E-state index contributed by atoms with van der Waals surface area (Å²) in [5, 5.41) is 9.92. The number of ether oxygens (including phenoxy) is 1. The number of para-hydroxylation sites is 1. The van der Waals surface area contributed by atoms with Crippen molar-refractivity contribution in [1.29, 1.82) is 0 Å². The second-order valence-corrected chi connectivity index (χ2v) is 6.20. The molecule has 0 unspecified atom stereocenters. The summed E-state index contributed by atoms with van der Waals surface area (Å²) < 4.78 is 18.6. The normalized spacial score (nSPS) is 14.9. The predicted octanol–water partition coefficient (Wildman–Crippen LogP) is 3.28. The van der Waals surface area contributed by atoms with E-state index in [0.717, 1.165) is 0 Å². The van der Waals surface area contributed by atoms with Gasteiger partial charge in [0.05, 0.1) is 11.6 Å². The van der Waals surface area contributed by atoms with E-state index in [1.54, 1.807) is 24.3 Å². The van der Waals surface area contributed by atoms with E-state index in [2.05, 4.69) is 0 Å². The molecule has 1 aliphatic heterocycles. The van der Waals surface area contributed by atoms with Gasteiger partial charge in [-0.2, -0.15) is 0 Å². The zero-order valence-electron chi connectivity index (χ0n) is 13.6. The van der Waals surface area contributed by atoms with E-state index < -0.39 is 23.7 Å². The molecule has 0 radical (unpaired) electrons. The third-order valence-corrected chi connectivity index (χ3v) is 4.29. The lowest BCUT2D eigenvalue weighted by atomic mass is 10.0. The van der Waals surface area contributed by atoms with Crippen LogP contribution in [0.1, 0.15) is 5.56 Å². The second kappa shape index (κ2) is 7.58. The Morgan fingerprint density at radius 2 is 1.92 bits per heavy atom. The lowest BCUT2D eigenvalue weighted by molar-refractivity contribution is -0.147. The van der Waals surface area contributed by atoms with Gasteiger partial charge in [-0.25, -0.2) is 9.18 Å². The smallest absolute Gasteiger partial charge is 0.326 e. The number of hydrogen-bond donors (Lipinski definition) is 1. The summed E-state index contributed by atoms with van der Waals surface area (Å²) in [5.41, 5.74) is 0.618. The van der Waals surface area contributed by atoms with Crippen molar-refractivity contribution in [3.63, 3.8) is 0 Å². The van der Waals surface area contributed by atoms with Crippen LogP contribution in [0.2, 0.25) is 5.02 Å². The van der Waals surface area contributed by atoms with Gasteiger partial charge in [0.2, 0.25) is 0 Å². The SMILES string of the molecule is O=C(O)[C@H](Cc1ccc(F)cc1)N1CC(Oc2ccccc2Cl)=CC1=O. The molecule has 1 N–H and O–H groups in total. The fourth-order valence-electron chi connectivity index (χ4n) is 2.68. The minimum atomic E-state index is -1.14. The monoisotopic (exact) mass is 375 g/mol. The molecule has 1 heterocycles. The molecular weight excluding hydrogens is 361 g/mol. The maximum Gasteiger partial charge on any atom is 0.326 e. The largest absolute Gasteiger partial charge is 0.480 e. The van der Waals surface area contributed by atoms with Crippen LogP contribution in [-0.4, -0.2) is 34.5 Å². The van der Waals surface area contributed by atoms with Crippen LogP contribution in [0.15, 0.2) is 60.4 Å². The van der Waals surface area contributed by atoms with E-state index >= 15 is 0 Å². The molecule has 1 amide bonds. The van der Waals surface area contributed by atoms with Crippen molar-refractivity contribution in [2.75, 3.05) is 6.54 Å². The highest BCUT2D eigenvalue weighted by molar-refractivity contribution is 6.32. The van der Waals surface area contributed by atoms with Crippen LogP contribution in [0, 0.1) is 5.82 Å². The molecule has 1 atom stereocenters. The summed E-state index contributed by atoms with van der Waals surface area (Å²) in [6, 6.07) is 11.2. The number of amides is 1. The average Bonchev–Trinajstić information content (AvgIpc) is 2.96. The lowest BCUT2D eigenvalue weighted by Gasteiger charge is -2.24. The topological polar surface area (TPSA) is 66.8 Å². The number of aliphatic carboxylic acids is 1. The molecule has 0 saturated heterocycles. The molecule has 7 heteroatoms. The van der Waals surface area contributed by atoms with Crippen molar-refractivity contribution in [3.8, 4) is 5.75 Å². The third kappa shape index (κ3) is 4.03. The van der Waals surface area contributed by atoms with Crippen LogP contribution in [-0.2, 0) is 16.0 Å². The number of rotatable bonds is 6. The van der Waals surface area contributed by atoms with Crippen molar-refractivity contribution in [1.82, 2.24) is 4.90 Å². The molecule has 0 bridgehead atoms. The van der Waals surface area contributed by atoms with Crippen LogP contribution >= 0.6 is 11.6 Å². The first-order valence-electron chi connectivity index (χ1n) is 7.85. The third-order valence-electron chi connectivity index (χ3n) is 3.98. The highest BCUT2D eigenvalue weighted by atomic mass is 35.5. The van der Waals surface area contributed by atoms with Gasteiger partial charge in [0, 0.05) is 12.5 Å². The minimum Gasteiger partial charge on any atom is -0.480 e. The molecule has 0 aliphatic carbocycles. The zero-order valence-corrected chi connectivity index (χ0v) is 14.3. The van der Waals surface area contributed by atoms with Gasteiger partial charge in [0.15, 0.2) is 0 Å². The summed E-state index contributed by atoms with van der Waals surface area (Å²) in [7, 11) is 0. The van der Waals surface area contributed by atoms with Gasteiger partial charge in [-0.3, -0.25) is 4.79 Å². The van der Waals surface area contributed by atoms with E-state index in [9.17, 15) is 19.1 Å². The maximum atomic E-state index is 13.0. The number of hydrogen-bond acceptors (Lipinski definition) is 3. The maximum absolute atomic E-state index is 13.0. The standard InChI is InChI=1S/C19H15ClFNO4/c20-15-3-1-2-4-17(15)26-14-10-18(23)22(11-14)16(19(24)25)9-12-5-7-13(21)8-6-12/h1-8,10,16H,9,11H2,(H,24,25)/t16-/m0/s1. The zero-order chi connectivity index (χ0) is 18.7. The average molecular weight is 376 g/mol. The fourth-order valence-corrected chi connectivity index (χ4v) is 2.86. The highest BCUT2D eigenvalue weighted by Crippen LogP contribution is 2.27. The first-order valence-corrected chi connectivity index (χ1v) is 8.22. The lowest BCUT2D eigenvalue weighted by Crippen LogP contribution is -2.44. The van der Waals surface area contributed by atoms with Crippen LogP contribution in [0.5, 0.6) is 5.75 Å². The summed E-state index contributed by atoms with van der Waals surface area (Å²) in [6.07, 6.45) is 1.32. The number of benzene rings is 2. The molecule has 26 heavy (non-hydrogen) atoms. The molecule has 0 fully saturated rings. The predicted molar refractivity (Wildman–Crippen MR) is 93.4 cm³/mol. The van der Waals surface area contributed by atoms with Crippen LogP contribution in [0.3, 0.4) is 0 Å². The Kier molecular flexibility index (Phi) is 5.23. The van der Waals surface area contributed by atoms with Crippen molar-refractivity contribution in [2.24, 2.45) is 0 Å². The summed E-state index contributed by atoms with van der Waals surface area (Å²) in [4.78, 5) is 25.1. The number of carbonyl (C=O) groups is 2. The Morgan fingerprint density at radius 1 is 1.23 bits per heavy atom. The van der Waals surface area contributed by atoms with Crippen molar-refractivity contribution >= 4 is 23.5 Å². The summed E-state index contributed by atoms with van der Waals surface area (Å²) in [5.74, 6) is -1.31. The van der Waals surface area contributed by atoms with E-state index in [-0.39, 0.29) is 13.0 Å². The number of halogens is 2. The van der Waals surface area contributed by atoms with Crippen molar-refractivity contribution in [2.45, 2.75) is 12.5 Å². The first kappa shape index (κ1) is 17.9. The number of carboxylic acid groups (broad SMARTS) is 1. The first-order chi connectivity index (χ1) is 12.4.